The molecule has 4 nitrogen and oxygen atoms in total. The Morgan fingerprint density at radius 3 is 2.58 bits per heavy atom. The average molecular weight is 274 g/mol. The molecule has 1 saturated heterocycles. The molecule has 0 atom stereocenters. The first-order valence-electron chi connectivity index (χ1n) is 6.69. The van der Waals surface area contributed by atoms with Crippen LogP contribution in [-0.2, 0) is 6.42 Å². The van der Waals surface area contributed by atoms with Crippen LogP contribution in [0.4, 0.5) is 11.1 Å². The van der Waals surface area contributed by atoms with Gasteiger partial charge in [-0.25, -0.2) is 0 Å². The predicted molar refractivity (Wildman–Crippen MR) is 79.4 cm³/mol. The summed E-state index contributed by atoms with van der Waals surface area (Å²) in [5.41, 5.74) is 7.02. The van der Waals surface area contributed by atoms with Gasteiger partial charge in [0.25, 0.3) is 0 Å². The molecule has 0 saturated carbocycles. The highest BCUT2D eigenvalue weighted by atomic mass is 32.1. The van der Waals surface area contributed by atoms with Crippen molar-refractivity contribution in [3.05, 3.63) is 35.9 Å². The Balaban J connectivity index is 1.55. The monoisotopic (exact) mass is 274 g/mol. The highest BCUT2D eigenvalue weighted by Gasteiger charge is 2.21. The van der Waals surface area contributed by atoms with Crippen molar-refractivity contribution in [2.24, 2.45) is 5.92 Å². The zero-order valence-corrected chi connectivity index (χ0v) is 11.6. The molecule has 0 aliphatic carbocycles. The lowest BCUT2D eigenvalue weighted by Gasteiger charge is -2.31. The molecule has 2 heterocycles. The van der Waals surface area contributed by atoms with Crippen LogP contribution in [0.3, 0.4) is 0 Å². The fourth-order valence-corrected chi connectivity index (χ4v) is 3.28. The van der Waals surface area contributed by atoms with Gasteiger partial charge in [-0.2, -0.15) is 9.36 Å². The van der Waals surface area contributed by atoms with Gasteiger partial charge < -0.3 is 10.6 Å². The molecule has 2 aromatic rings. The van der Waals surface area contributed by atoms with Crippen molar-refractivity contribution in [1.82, 2.24) is 9.36 Å². The third-order valence-corrected chi connectivity index (χ3v) is 4.47. The summed E-state index contributed by atoms with van der Waals surface area (Å²) in [7, 11) is 0. The third-order valence-electron chi connectivity index (χ3n) is 3.68. The highest BCUT2D eigenvalue weighted by Crippen LogP contribution is 2.27. The molecule has 1 aromatic carbocycles. The van der Waals surface area contributed by atoms with Crippen molar-refractivity contribution < 1.29 is 0 Å². The molecule has 19 heavy (non-hydrogen) atoms. The van der Waals surface area contributed by atoms with Crippen LogP contribution in [0.15, 0.2) is 30.3 Å². The van der Waals surface area contributed by atoms with Gasteiger partial charge >= 0.3 is 0 Å². The first kappa shape index (κ1) is 12.4. The van der Waals surface area contributed by atoms with Gasteiger partial charge in [0, 0.05) is 24.6 Å². The SMILES string of the molecule is Nc1nsc(N2CCC(Cc3ccccc3)CC2)n1. The van der Waals surface area contributed by atoms with Crippen molar-refractivity contribution >= 4 is 22.6 Å². The second-order valence-electron chi connectivity index (χ2n) is 5.06. The minimum absolute atomic E-state index is 0.395. The second kappa shape index (κ2) is 5.57. The summed E-state index contributed by atoms with van der Waals surface area (Å²) in [6.45, 7) is 2.12. The predicted octanol–water partition coefficient (Wildman–Crippen LogP) is 2.58. The maximum Gasteiger partial charge on any atom is 0.233 e. The van der Waals surface area contributed by atoms with Gasteiger partial charge in [-0.05, 0) is 30.7 Å². The Labute approximate surface area is 117 Å². The van der Waals surface area contributed by atoms with Crippen LogP contribution in [0.5, 0.6) is 0 Å². The minimum Gasteiger partial charge on any atom is -0.367 e. The number of nitrogens with two attached hydrogens (primary N) is 1. The van der Waals surface area contributed by atoms with Crippen LogP contribution in [0.2, 0.25) is 0 Å². The van der Waals surface area contributed by atoms with Crippen LogP contribution >= 0.6 is 11.5 Å². The van der Waals surface area contributed by atoms with E-state index in [4.69, 9.17) is 5.73 Å². The van der Waals surface area contributed by atoms with E-state index in [-0.39, 0.29) is 0 Å². The Morgan fingerprint density at radius 1 is 1.21 bits per heavy atom. The molecule has 3 rings (SSSR count). The number of benzene rings is 1. The topological polar surface area (TPSA) is 55.0 Å². The Hall–Kier alpha value is -1.62. The van der Waals surface area contributed by atoms with Crippen molar-refractivity contribution in [2.75, 3.05) is 23.7 Å². The molecule has 100 valence electrons. The lowest BCUT2D eigenvalue weighted by Crippen LogP contribution is -2.34. The van der Waals surface area contributed by atoms with Crippen LogP contribution in [0.1, 0.15) is 18.4 Å². The summed E-state index contributed by atoms with van der Waals surface area (Å²) in [4.78, 5) is 6.56. The van der Waals surface area contributed by atoms with E-state index in [0.717, 1.165) is 24.1 Å². The maximum absolute atomic E-state index is 5.58. The van der Waals surface area contributed by atoms with E-state index in [1.165, 1.54) is 36.4 Å². The highest BCUT2D eigenvalue weighted by molar-refractivity contribution is 7.09. The van der Waals surface area contributed by atoms with Gasteiger partial charge in [0.05, 0.1) is 0 Å². The Morgan fingerprint density at radius 2 is 1.95 bits per heavy atom. The second-order valence-corrected chi connectivity index (χ2v) is 5.79. The number of nitrogens with zero attached hydrogens (tertiary/aromatic N) is 3. The van der Waals surface area contributed by atoms with E-state index in [1.54, 1.807) is 0 Å². The smallest absolute Gasteiger partial charge is 0.233 e. The van der Waals surface area contributed by atoms with Gasteiger partial charge in [0.2, 0.25) is 11.1 Å². The van der Waals surface area contributed by atoms with Crippen molar-refractivity contribution in [2.45, 2.75) is 19.3 Å². The zero-order valence-electron chi connectivity index (χ0n) is 10.8. The normalized spacial score (nSPS) is 16.7. The van der Waals surface area contributed by atoms with Gasteiger partial charge in [0.15, 0.2) is 0 Å². The lowest BCUT2D eigenvalue weighted by molar-refractivity contribution is 0.403. The Kier molecular flexibility index (Phi) is 3.64. The van der Waals surface area contributed by atoms with Gasteiger partial charge in [-0.15, -0.1) is 0 Å². The fraction of sp³-hybridized carbons (Fsp3) is 0.429. The summed E-state index contributed by atoms with van der Waals surface area (Å²) >= 11 is 1.40. The van der Waals surface area contributed by atoms with E-state index in [1.807, 2.05) is 0 Å². The maximum atomic E-state index is 5.58. The summed E-state index contributed by atoms with van der Waals surface area (Å²) in [5.74, 6) is 1.18. The molecule has 1 aliphatic heterocycles. The van der Waals surface area contributed by atoms with Crippen LogP contribution < -0.4 is 10.6 Å². The summed E-state index contributed by atoms with van der Waals surface area (Å²) in [5, 5.41) is 0.968. The summed E-state index contributed by atoms with van der Waals surface area (Å²) in [6, 6.07) is 10.8. The van der Waals surface area contributed by atoms with Gasteiger partial charge in [-0.1, -0.05) is 30.3 Å². The average Bonchev–Trinajstić information content (AvgIpc) is 2.87. The lowest BCUT2D eigenvalue weighted by atomic mass is 9.90. The fourth-order valence-electron chi connectivity index (χ4n) is 2.63. The van der Waals surface area contributed by atoms with Gasteiger partial charge in [-0.3, -0.25) is 0 Å². The quantitative estimate of drug-likeness (QED) is 0.934. The first-order chi connectivity index (χ1) is 9.31. The van der Waals surface area contributed by atoms with E-state index in [0.29, 0.717) is 5.95 Å². The molecule has 0 amide bonds. The largest absolute Gasteiger partial charge is 0.367 e. The van der Waals surface area contributed by atoms with E-state index < -0.39 is 0 Å². The summed E-state index contributed by atoms with van der Waals surface area (Å²) in [6.07, 6.45) is 3.62. The molecule has 1 fully saturated rings. The molecule has 0 radical (unpaired) electrons. The molecule has 5 heteroatoms. The van der Waals surface area contributed by atoms with E-state index in [2.05, 4.69) is 44.6 Å². The minimum atomic E-state index is 0.395. The van der Waals surface area contributed by atoms with Crippen molar-refractivity contribution in [3.63, 3.8) is 0 Å². The first-order valence-corrected chi connectivity index (χ1v) is 7.46. The van der Waals surface area contributed by atoms with Crippen molar-refractivity contribution in [3.8, 4) is 0 Å². The number of anilines is 2. The van der Waals surface area contributed by atoms with Crippen LogP contribution in [0.25, 0.3) is 0 Å². The standard InChI is InChI=1S/C14H18N4S/c15-13-16-14(19-17-13)18-8-6-12(7-9-18)10-11-4-2-1-3-5-11/h1-5,12H,6-10H2,(H2,15,17). The zero-order chi connectivity index (χ0) is 13.1. The van der Waals surface area contributed by atoms with Gasteiger partial charge in [0.1, 0.15) is 0 Å². The van der Waals surface area contributed by atoms with Crippen molar-refractivity contribution in [1.29, 1.82) is 0 Å². The molecular weight excluding hydrogens is 256 g/mol. The number of hydrogen-bond acceptors (Lipinski definition) is 5. The molecule has 0 bridgehead atoms. The number of aromatic nitrogens is 2. The number of nitrogen functional groups attached to an aromatic ring is 1. The number of piperidine rings is 1. The molecule has 1 aliphatic rings. The summed E-state index contributed by atoms with van der Waals surface area (Å²) < 4.78 is 4.05. The number of rotatable bonds is 3. The third kappa shape index (κ3) is 3.04. The van der Waals surface area contributed by atoms with Crippen LogP contribution in [-0.4, -0.2) is 22.4 Å². The molecular formula is C14H18N4S. The molecule has 2 N–H and O–H groups in total. The molecule has 0 spiro atoms. The molecule has 1 aromatic heterocycles. The number of hydrogen-bond donors (Lipinski definition) is 1. The van der Waals surface area contributed by atoms with E-state index >= 15 is 0 Å². The molecule has 0 unspecified atom stereocenters. The Bertz CT molecular complexity index is 517. The van der Waals surface area contributed by atoms with Crippen LogP contribution in [0, 0.1) is 5.92 Å². The van der Waals surface area contributed by atoms with E-state index in [9.17, 15) is 0 Å².